The summed E-state index contributed by atoms with van der Waals surface area (Å²) in [6, 6.07) is 7.29. The average molecular weight is 392 g/mol. The van der Waals surface area contributed by atoms with E-state index < -0.39 is 0 Å². The van der Waals surface area contributed by atoms with Crippen molar-refractivity contribution in [1.29, 1.82) is 0 Å². The number of nitrogens with zero attached hydrogens (tertiary/aromatic N) is 1. The van der Waals surface area contributed by atoms with Crippen LogP contribution in [0, 0.1) is 0 Å². The van der Waals surface area contributed by atoms with Gasteiger partial charge in [-0.05, 0) is 66.3 Å². The molecule has 2 aromatic rings. The third kappa shape index (κ3) is 2.47. The summed E-state index contributed by atoms with van der Waals surface area (Å²) in [5.74, 6) is 0.0268. The molecule has 128 valence electrons. The average Bonchev–Trinajstić information content (AvgIpc) is 2.53. The van der Waals surface area contributed by atoms with Crippen LogP contribution in [-0.4, -0.2) is 33.3 Å². The number of phenolic OH excluding ortho intramolecular Hbond substituents is 3. The Labute approximate surface area is 152 Å². The van der Waals surface area contributed by atoms with E-state index >= 15 is 0 Å². The topological polar surface area (TPSA) is 63.9 Å². The fraction of sp³-hybridized carbons (Fsp3) is 0.368. The zero-order valence-corrected chi connectivity index (χ0v) is 15.3. The summed E-state index contributed by atoms with van der Waals surface area (Å²) < 4.78 is 0. The molecule has 4 rings (SSSR count). The molecule has 2 aromatic carbocycles. The number of rotatable bonds is 2. The van der Waals surface area contributed by atoms with E-state index in [0.29, 0.717) is 5.56 Å². The van der Waals surface area contributed by atoms with E-state index in [2.05, 4.69) is 11.8 Å². The summed E-state index contributed by atoms with van der Waals surface area (Å²) in [4.78, 5) is 2.50. The van der Waals surface area contributed by atoms with Gasteiger partial charge in [-0.25, -0.2) is 0 Å². The molecule has 1 atom stereocenters. The third-order valence-corrected chi connectivity index (χ3v) is 5.13. The van der Waals surface area contributed by atoms with E-state index in [-0.39, 0.29) is 40.3 Å². The lowest BCUT2D eigenvalue weighted by Gasteiger charge is -2.41. The van der Waals surface area contributed by atoms with Crippen molar-refractivity contribution in [3.63, 3.8) is 0 Å². The second-order valence-corrected chi connectivity index (χ2v) is 6.54. The molecule has 4 nitrogen and oxygen atoms in total. The van der Waals surface area contributed by atoms with Crippen LogP contribution < -0.4 is 0 Å². The van der Waals surface area contributed by atoms with Crippen LogP contribution in [0.15, 0.2) is 24.3 Å². The Morgan fingerprint density at radius 1 is 1.12 bits per heavy atom. The van der Waals surface area contributed by atoms with Crippen LogP contribution in [0.5, 0.6) is 17.2 Å². The summed E-state index contributed by atoms with van der Waals surface area (Å²) in [5.41, 5.74) is 4.92. The molecule has 0 aromatic heterocycles. The number of fused-ring (bicyclic) bond motifs is 2. The molecule has 0 amide bonds. The molecule has 1 aliphatic carbocycles. The highest BCUT2D eigenvalue weighted by Crippen LogP contribution is 2.51. The van der Waals surface area contributed by atoms with Gasteiger partial charge in [0.2, 0.25) is 0 Å². The molecule has 0 radical (unpaired) electrons. The Hall–Kier alpha value is -1.72. The Kier molecular flexibility index (Phi) is 4.49. The lowest BCUT2D eigenvalue weighted by atomic mass is 9.76. The fourth-order valence-electron chi connectivity index (χ4n) is 4.19. The summed E-state index contributed by atoms with van der Waals surface area (Å²) in [6.45, 7) is 4.23. The molecule has 5 heteroatoms. The van der Waals surface area contributed by atoms with Crippen LogP contribution in [-0.2, 0) is 12.8 Å². The number of halogens is 1. The molecular formula is C19H22BrNO3. The Morgan fingerprint density at radius 3 is 2.67 bits per heavy atom. The molecule has 0 saturated heterocycles. The zero-order chi connectivity index (χ0) is 16.1. The standard InChI is InChI=1S/C19H21NO3.BrH/c1-2-6-20-7-5-12-8-13(21)10-14-17(12)15(20)9-11-3-4-16(22)19(23)18(11)14;/h3-4,8,10,15,21-23H,2,5-7,9H2,1H3;1H/t15-;/m1./s1. The predicted octanol–water partition coefficient (Wildman–Crippen LogP) is 3.91. The molecule has 0 unspecified atom stereocenters. The first-order chi connectivity index (χ1) is 11.1. The van der Waals surface area contributed by atoms with Crippen molar-refractivity contribution >= 4 is 17.0 Å². The third-order valence-electron chi connectivity index (χ3n) is 5.13. The minimum Gasteiger partial charge on any atom is -0.508 e. The molecule has 0 bridgehead atoms. The molecule has 0 saturated carbocycles. The van der Waals surface area contributed by atoms with Gasteiger partial charge in [-0.2, -0.15) is 0 Å². The van der Waals surface area contributed by atoms with Crippen LogP contribution in [0.25, 0.3) is 11.1 Å². The lowest BCUT2D eigenvalue weighted by molar-refractivity contribution is 0.182. The Bertz CT molecular complexity index is 791. The van der Waals surface area contributed by atoms with E-state index in [4.69, 9.17) is 0 Å². The highest BCUT2D eigenvalue weighted by Gasteiger charge is 2.35. The van der Waals surface area contributed by atoms with Crippen molar-refractivity contribution in [2.45, 2.75) is 32.2 Å². The normalized spacial score (nSPS) is 18.5. The maximum Gasteiger partial charge on any atom is 0.165 e. The summed E-state index contributed by atoms with van der Waals surface area (Å²) >= 11 is 0. The van der Waals surface area contributed by atoms with Crippen molar-refractivity contribution in [3.8, 4) is 28.4 Å². The summed E-state index contributed by atoms with van der Waals surface area (Å²) in [5, 5.41) is 30.4. The van der Waals surface area contributed by atoms with E-state index in [9.17, 15) is 15.3 Å². The van der Waals surface area contributed by atoms with Gasteiger partial charge in [-0.15, -0.1) is 17.0 Å². The van der Waals surface area contributed by atoms with Gasteiger partial charge in [0, 0.05) is 18.2 Å². The minimum atomic E-state index is -0.111. The maximum absolute atomic E-state index is 10.4. The molecule has 2 aliphatic rings. The number of hydrogen-bond donors (Lipinski definition) is 3. The molecule has 0 fully saturated rings. The van der Waals surface area contributed by atoms with Gasteiger partial charge in [-0.3, -0.25) is 4.90 Å². The van der Waals surface area contributed by atoms with E-state index in [1.165, 1.54) is 5.56 Å². The van der Waals surface area contributed by atoms with Gasteiger partial charge in [0.05, 0.1) is 0 Å². The highest BCUT2D eigenvalue weighted by molar-refractivity contribution is 8.93. The zero-order valence-electron chi connectivity index (χ0n) is 13.6. The molecular weight excluding hydrogens is 370 g/mol. The summed E-state index contributed by atoms with van der Waals surface area (Å²) in [6.07, 6.45) is 2.84. The first-order valence-electron chi connectivity index (χ1n) is 8.24. The van der Waals surface area contributed by atoms with Gasteiger partial charge >= 0.3 is 0 Å². The van der Waals surface area contributed by atoms with Crippen LogP contribution >= 0.6 is 17.0 Å². The van der Waals surface area contributed by atoms with Crippen molar-refractivity contribution in [2.24, 2.45) is 0 Å². The first kappa shape index (κ1) is 17.1. The lowest BCUT2D eigenvalue weighted by Crippen LogP contribution is -2.38. The second kappa shape index (κ2) is 6.30. The largest absolute Gasteiger partial charge is 0.508 e. The van der Waals surface area contributed by atoms with Crippen LogP contribution in [0.4, 0.5) is 0 Å². The van der Waals surface area contributed by atoms with Gasteiger partial charge in [0.15, 0.2) is 11.5 Å². The maximum atomic E-state index is 10.4. The van der Waals surface area contributed by atoms with Crippen molar-refractivity contribution < 1.29 is 15.3 Å². The Morgan fingerprint density at radius 2 is 1.92 bits per heavy atom. The first-order valence-corrected chi connectivity index (χ1v) is 8.24. The smallest absolute Gasteiger partial charge is 0.165 e. The van der Waals surface area contributed by atoms with E-state index in [0.717, 1.165) is 49.0 Å². The van der Waals surface area contributed by atoms with Gasteiger partial charge in [0.1, 0.15) is 5.75 Å². The van der Waals surface area contributed by atoms with Gasteiger partial charge < -0.3 is 15.3 Å². The van der Waals surface area contributed by atoms with E-state index in [1.54, 1.807) is 12.1 Å². The minimum absolute atomic E-state index is 0. The van der Waals surface area contributed by atoms with Crippen molar-refractivity contribution in [2.75, 3.05) is 13.1 Å². The molecule has 3 N–H and O–H groups in total. The van der Waals surface area contributed by atoms with Crippen molar-refractivity contribution in [1.82, 2.24) is 4.90 Å². The van der Waals surface area contributed by atoms with Crippen LogP contribution in [0.3, 0.4) is 0 Å². The van der Waals surface area contributed by atoms with E-state index in [1.807, 2.05) is 12.1 Å². The van der Waals surface area contributed by atoms with Gasteiger partial charge in [-0.1, -0.05) is 13.0 Å². The number of benzene rings is 2. The number of hydrogen-bond acceptors (Lipinski definition) is 4. The molecule has 0 spiro atoms. The quantitative estimate of drug-likeness (QED) is 0.678. The van der Waals surface area contributed by atoms with Crippen molar-refractivity contribution in [3.05, 3.63) is 41.0 Å². The Balaban J connectivity index is 0.00000169. The monoisotopic (exact) mass is 391 g/mol. The molecule has 1 heterocycles. The molecule has 24 heavy (non-hydrogen) atoms. The second-order valence-electron chi connectivity index (χ2n) is 6.54. The van der Waals surface area contributed by atoms with Gasteiger partial charge in [0.25, 0.3) is 0 Å². The van der Waals surface area contributed by atoms with Crippen LogP contribution in [0.2, 0.25) is 0 Å². The van der Waals surface area contributed by atoms with Crippen LogP contribution in [0.1, 0.15) is 36.1 Å². The summed E-state index contributed by atoms with van der Waals surface area (Å²) in [7, 11) is 0. The number of phenols is 3. The molecule has 1 aliphatic heterocycles. The number of aromatic hydroxyl groups is 3. The highest BCUT2D eigenvalue weighted by atomic mass is 79.9. The predicted molar refractivity (Wildman–Crippen MR) is 99.2 cm³/mol. The SMILES string of the molecule is Br.CCCN1CCc2cc(O)cc3c2[C@H]1Cc1ccc(O)c(O)c1-3. The fourth-order valence-corrected chi connectivity index (χ4v) is 4.19.